The molecule has 0 aromatic heterocycles. The molecule has 0 bridgehead atoms. The van der Waals surface area contributed by atoms with E-state index in [2.05, 4.69) is 4.72 Å². The Labute approximate surface area is 117 Å². The molecule has 0 aliphatic heterocycles. The van der Waals surface area contributed by atoms with Crippen molar-refractivity contribution in [2.45, 2.75) is 18.4 Å². The Morgan fingerprint density at radius 2 is 2.05 bits per heavy atom. The molecule has 0 aliphatic carbocycles. The zero-order chi connectivity index (χ0) is 15.3. The van der Waals surface area contributed by atoms with Crippen LogP contribution in [0.3, 0.4) is 0 Å². The van der Waals surface area contributed by atoms with E-state index in [1.807, 2.05) is 0 Å². The summed E-state index contributed by atoms with van der Waals surface area (Å²) in [6.07, 6.45) is 0. The standard InChI is InChI=1S/C12H18F2N2O3S/c1-8(7-19-2)6-16-20(17,18)11-4-9(5-15)3-10(13)12(11)14/h3-4,8,16H,5-7,15H2,1-2H3. The third-order valence-electron chi connectivity index (χ3n) is 2.65. The zero-order valence-corrected chi connectivity index (χ0v) is 12.1. The third-order valence-corrected chi connectivity index (χ3v) is 4.08. The summed E-state index contributed by atoms with van der Waals surface area (Å²) in [5.41, 5.74) is 5.52. The first-order valence-corrected chi connectivity index (χ1v) is 7.46. The van der Waals surface area contributed by atoms with E-state index in [0.29, 0.717) is 6.61 Å². The van der Waals surface area contributed by atoms with Crippen LogP contribution in [0.5, 0.6) is 0 Å². The van der Waals surface area contributed by atoms with Crippen LogP contribution < -0.4 is 10.5 Å². The van der Waals surface area contributed by atoms with Crippen LogP contribution in [0.2, 0.25) is 0 Å². The molecule has 0 saturated carbocycles. The molecule has 0 fully saturated rings. The first kappa shape index (κ1) is 17.0. The summed E-state index contributed by atoms with van der Waals surface area (Å²) >= 11 is 0. The molecule has 0 aliphatic rings. The summed E-state index contributed by atoms with van der Waals surface area (Å²) < 4.78 is 58.0. The Morgan fingerprint density at radius 3 is 2.60 bits per heavy atom. The van der Waals surface area contributed by atoms with Gasteiger partial charge in [0.05, 0.1) is 0 Å². The van der Waals surface area contributed by atoms with Crippen LogP contribution in [0.4, 0.5) is 8.78 Å². The maximum absolute atomic E-state index is 13.6. The van der Waals surface area contributed by atoms with Gasteiger partial charge in [-0.2, -0.15) is 0 Å². The van der Waals surface area contributed by atoms with Crippen LogP contribution in [0, 0.1) is 17.6 Å². The number of hydrogen-bond acceptors (Lipinski definition) is 4. The van der Waals surface area contributed by atoms with Gasteiger partial charge in [0.1, 0.15) is 4.90 Å². The Bertz CT molecular complexity index is 564. The SMILES string of the molecule is COCC(C)CNS(=O)(=O)c1cc(CN)cc(F)c1F. The fourth-order valence-electron chi connectivity index (χ4n) is 1.60. The number of ether oxygens (including phenoxy) is 1. The van der Waals surface area contributed by atoms with Gasteiger partial charge in [0.2, 0.25) is 10.0 Å². The molecular weight excluding hydrogens is 290 g/mol. The highest BCUT2D eigenvalue weighted by Gasteiger charge is 2.23. The number of methoxy groups -OCH3 is 1. The van der Waals surface area contributed by atoms with Crippen LogP contribution in [0.15, 0.2) is 17.0 Å². The van der Waals surface area contributed by atoms with Crippen LogP contribution in [0.25, 0.3) is 0 Å². The molecule has 0 radical (unpaired) electrons. The topological polar surface area (TPSA) is 81.4 Å². The van der Waals surface area contributed by atoms with E-state index in [4.69, 9.17) is 10.5 Å². The molecule has 3 N–H and O–H groups in total. The van der Waals surface area contributed by atoms with Crippen molar-refractivity contribution in [3.8, 4) is 0 Å². The van der Waals surface area contributed by atoms with Crippen LogP contribution in [0.1, 0.15) is 12.5 Å². The van der Waals surface area contributed by atoms with E-state index < -0.39 is 26.6 Å². The summed E-state index contributed by atoms with van der Waals surface area (Å²) in [5.74, 6) is -2.74. The molecule has 114 valence electrons. The van der Waals surface area contributed by atoms with Crippen LogP contribution in [-0.4, -0.2) is 28.7 Å². The second-order valence-corrected chi connectivity index (χ2v) is 6.24. The van der Waals surface area contributed by atoms with E-state index >= 15 is 0 Å². The summed E-state index contributed by atoms with van der Waals surface area (Å²) in [6, 6.07) is 1.91. The quantitative estimate of drug-likeness (QED) is 0.787. The normalized spacial score (nSPS) is 13.4. The molecule has 1 rings (SSSR count). The average Bonchev–Trinajstić information content (AvgIpc) is 2.39. The second-order valence-electron chi connectivity index (χ2n) is 4.51. The Morgan fingerprint density at radius 1 is 1.40 bits per heavy atom. The van der Waals surface area contributed by atoms with E-state index in [0.717, 1.165) is 12.1 Å². The lowest BCUT2D eigenvalue weighted by Crippen LogP contribution is -2.31. The molecule has 5 nitrogen and oxygen atoms in total. The predicted octanol–water partition coefficient (Wildman–Crippen LogP) is 0.984. The maximum Gasteiger partial charge on any atom is 0.243 e. The fourth-order valence-corrected chi connectivity index (χ4v) is 2.90. The number of nitrogens with one attached hydrogen (secondary N) is 1. The van der Waals surface area contributed by atoms with Gasteiger partial charge in [-0.15, -0.1) is 0 Å². The highest BCUT2D eigenvalue weighted by Crippen LogP contribution is 2.19. The van der Waals surface area contributed by atoms with Crippen molar-refractivity contribution in [1.29, 1.82) is 0 Å². The lowest BCUT2D eigenvalue weighted by molar-refractivity contribution is 0.161. The van der Waals surface area contributed by atoms with Crippen molar-refractivity contribution in [2.75, 3.05) is 20.3 Å². The van der Waals surface area contributed by atoms with Gasteiger partial charge >= 0.3 is 0 Å². The molecule has 1 aromatic carbocycles. The molecule has 1 atom stereocenters. The van der Waals surface area contributed by atoms with Gasteiger partial charge in [-0.25, -0.2) is 21.9 Å². The van der Waals surface area contributed by atoms with Gasteiger partial charge in [-0.05, 0) is 23.6 Å². The minimum Gasteiger partial charge on any atom is -0.384 e. The van der Waals surface area contributed by atoms with Gasteiger partial charge in [0.15, 0.2) is 11.6 Å². The highest BCUT2D eigenvalue weighted by atomic mass is 32.2. The van der Waals surface area contributed by atoms with Crippen molar-refractivity contribution in [3.05, 3.63) is 29.3 Å². The molecule has 0 amide bonds. The Hall–Kier alpha value is -1.09. The van der Waals surface area contributed by atoms with Gasteiger partial charge in [-0.1, -0.05) is 6.92 Å². The Balaban J connectivity index is 3.00. The molecular formula is C12H18F2N2O3S. The monoisotopic (exact) mass is 308 g/mol. The first-order chi connectivity index (χ1) is 9.31. The first-order valence-electron chi connectivity index (χ1n) is 5.98. The Kier molecular flexibility index (Phi) is 6.00. The van der Waals surface area contributed by atoms with Crippen molar-refractivity contribution in [1.82, 2.24) is 4.72 Å². The second kappa shape index (κ2) is 7.07. The number of nitrogens with two attached hydrogens (primary N) is 1. The van der Waals surface area contributed by atoms with Crippen LogP contribution >= 0.6 is 0 Å². The number of benzene rings is 1. The lowest BCUT2D eigenvalue weighted by Gasteiger charge is -2.13. The van der Waals surface area contributed by atoms with Crippen molar-refractivity contribution >= 4 is 10.0 Å². The molecule has 1 aromatic rings. The summed E-state index contributed by atoms with van der Waals surface area (Å²) in [6.45, 7) is 2.09. The van der Waals surface area contributed by atoms with Crippen molar-refractivity contribution in [3.63, 3.8) is 0 Å². The van der Waals surface area contributed by atoms with Crippen LogP contribution in [-0.2, 0) is 21.3 Å². The van der Waals surface area contributed by atoms with Gasteiger partial charge in [-0.3, -0.25) is 0 Å². The third kappa shape index (κ3) is 4.20. The predicted molar refractivity (Wildman–Crippen MR) is 70.5 cm³/mol. The minimum atomic E-state index is -4.14. The molecule has 20 heavy (non-hydrogen) atoms. The summed E-state index contributed by atoms with van der Waals surface area (Å²) in [4.78, 5) is -0.734. The van der Waals surface area contributed by atoms with Gasteiger partial charge < -0.3 is 10.5 Å². The number of rotatable bonds is 7. The lowest BCUT2D eigenvalue weighted by atomic mass is 10.2. The molecule has 0 saturated heterocycles. The minimum absolute atomic E-state index is 0.0596. The summed E-state index contributed by atoms with van der Waals surface area (Å²) in [7, 11) is -2.64. The molecule has 1 unspecified atom stereocenters. The van der Waals surface area contributed by atoms with E-state index in [9.17, 15) is 17.2 Å². The smallest absolute Gasteiger partial charge is 0.243 e. The van der Waals surface area contributed by atoms with Crippen molar-refractivity contribution in [2.24, 2.45) is 11.7 Å². The molecule has 0 spiro atoms. The molecule has 0 heterocycles. The van der Waals surface area contributed by atoms with Crippen molar-refractivity contribution < 1.29 is 21.9 Å². The summed E-state index contributed by atoms with van der Waals surface area (Å²) in [5, 5.41) is 0. The molecule has 8 heteroatoms. The highest BCUT2D eigenvalue weighted by molar-refractivity contribution is 7.89. The zero-order valence-electron chi connectivity index (χ0n) is 11.3. The van der Waals surface area contributed by atoms with E-state index in [-0.39, 0.29) is 24.6 Å². The maximum atomic E-state index is 13.6. The van der Waals surface area contributed by atoms with Gasteiger partial charge in [0.25, 0.3) is 0 Å². The number of halogens is 2. The van der Waals surface area contributed by atoms with Gasteiger partial charge in [0, 0.05) is 26.8 Å². The van der Waals surface area contributed by atoms with E-state index in [1.54, 1.807) is 6.92 Å². The largest absolute Gasteiger partial charge is 0.384 e. The fraction of sp³-hybridized carbons (Fsp3) is 0.500. The average molecular weight is 308 g/mol. The van der Waals surface area contributed by atoms with E-state index in [1.165, 1.54) is 7.11 Å². The number of sulfonamides is 1. The number of hydrogen-bond donors (Lipinski definition) is 2.